The predicted molar refractivity (Wildman–Crippen MR) is 75.6 cm³/mol. The zero-order valence-electron chi connectivity index (χ0n) is 10.6. The van der Waals surface area contributed by atoms with Gasteiger partial charge in [0.05, 0.1) is 19.7 Å². The van der Waals surface area contributed by atoms with E-state index < -0.39 is 0 Å². The molecule has 0 aromatic heterocycles. The summed E-state index contributed by atoms with van der Waals surface area (Å²) < 4.78 is 5.31. The van der Waals surface area contributed by atoms with Gasteiger partial charge in [0.15, 0.2) is 0 Å². The Balaban J connectivity index is 0.00000324. The molecule has 2 amide bonds. The van der Waals surface area contributed by atoms with Crippen LogP contribution in [0.3, 0.4) is 0 Å². The molecule has 4 N–H and O–H groups in total. The molecule has 0 saturated heterocycles. The molecule has 6 nitrogen and oxygen atoms in total. The molecule has 0 aliphatic carbocycles. The largest absolute Gasteiger partial charge is 0.494 e. The van der Waals surface area contributed by atoms with Gasteiger partial charge in [-0.05, 0) is 19.1 Å². The van der Waals surface area contributed by atoms with Crippen molar-refractivity contribution in [3.8, 4) is 5.75 Å². The molecule has 19 heavy (non-hydrogen) atoms. The number of benzene rings is 1. The normalized spacial score (nSPS) is 9.16. The van der Waals surface area contributed by atoms with Gasteiger partial charge in [0.2, 0.25) is 11.8 Å². The molecular weight excluding hydrogens is 270 g/mol. The van der Waals surface area contributed by atoms with Crippen LogP contribution in [0.1, 0.15) is 6.92 Å². The van der Waals surface area contributed by atoms with E-state index in [1.807, 2.05) is 6.92 Å². The number of rotatable bonds is 6. The first kappa shape index (κ1) is 17.2. The average molecular weight is 288 g/mol. The lowest BCUT2D eigenvalue weighted by Gasteiger charge is -2.08. The van der Waals surface area contributed by atoms with Crippen LogP contribution in [0.15, 0.2) is 24.3 Å². The third kappa shape index (κ3) is 6.64. The lowest BCUT2D eigenvalue weighted by molar-refractivity contribution is -0.123. The monoisotopic (exact) mass is 287 g/mol. The number of nitrogens with one attached hydrogen (secondary N) is 2. The zero-order chi connectivity index (χ0) is 13.4. The Morgan fingerprint density at radius 3 is 2.68 bits per heavy atom. The molecule has 0 saturated carbocycles. The van der Waals surface area contributed by atoms with E-state index >= 15 is 0 Å². The Hall–Kier alpha value is -1.79. The Morgan fingerprint density at radius 1 is 1.32 bits per heavy atom. The van der Waals surface area contributed by atoms with Crippen molar-refractivity contribution >= 4 is 29.9 Å². The summed E-state index contributed by atoms with van der Waals surface area (Å²) in [6.07, 6.45) is 0. The first-order chi connectivity index (χ1) is 8.65. The summed E-state index contributed by atoms with van der Waals surface area (Å²) in [6, 6.07) is 7.03. The second kappa shape index (κ2) is 9.18. The summed E-state index contributed by atoms with van der Waals surface area (Å²) in [5.41, 5.74) is 5.72. The Morgan fingerprint density at radius 2 is 2.05 bits per heavy atom. The van der Waals surface area contributed by atoms with Crippen LogP contribution in [0.5, 0.6) is 5.75 Å². The highest BCUT2D eigenvalue weighted by Crippen LogP contribution is 2.16. The SMILES string of the molecule is CCOc1cccc(NC(=O)CNC(=O)CN)c1.Cl. The zero-order valence-corrected chi connectivity index (χ0v) is 11.5. The molecule has 0 bridgehead atoms. The molecular formula is C12H18ClN3O3. The first-order valence-corrected chi connectivity index (χ1v) is 5.65. The van der Waals surface area contributed by atoms with E-state index in [4.69, 9.17) is 10.5 Å². The molecule has 1 aromatic rings. The van der Waals surface area contributed by atoms with E-state index in [1.54, 1.807) is 24.3 Å². The Labute approximate surface area is 118 Å². The van der Waals surface area contributed by atoms with Gasteiger partial charge in [0.25, 0.3) is 0 Å². The summed E-state index contributed by atoms with van der Waals surface area (Å²) in [5, 5.41) is 5.03. The van der Waals surface area contributed by atoms with Crippen LogP contribution in [0.4, 0.5) is 5.69 Å². The summed E-state index contributed by atoms with van der Waals surface area (Å²) in [7, 11) is 0. The van der Waals surface area contributed by atoms with Crippen molar-refractivity contribution in [3.63, 3.8) is 0 Å². The number of hydrogen-bond acceptors (Lipinski definition) is 4. The highest BCUT2D eigenvalue weighted by atomic mass is 35.5. The number of halogens is 1. The molecule has 0 atom stereocenters. The molecule has 0 radical (unpaired) electrons. The molecule has 0 aliphatic heterocycles. The third-order valence-corrected chi connectivity index (χ3v) is 2.06. The van der Waals surface area contributed by atoms with Crippen molar-refractivity contribution in [2.75, 3.05) is 25.0 Å². The van der Waals surface area contributed by atoms with Crippen molar-refractivity contribution in [2.24, 2.45) is 5.73 Å². The van der Waals surface area contributed by atoms with E-state index in [9.17, 15) is 9.59 Å². The van der Waals surface area contributed by atoms with Gasteiger partial charge >= 0.3 is 0 Å². The number of nitrogens with two attached hydrogens (primary N) is 1. The minimum Gasteiger partial charge on any atom is -0.494 e. The number of carbonyl (C=O) groups excluding carboxylic acids is 2. The third-order valence-electron chi connectivity index (χ3n) is 2.06. The van der Waals surface area contributed by atoms with Gasteiger partial charge < -0.3 is 21.1 Å². The molecule has 1 rings (SSSR count). The maximum Gasteiger partial charge on any atom is 0.243 e. The maximum atomic E-state index is 11.5. The molecule has 106 valence electrons. The minimum atomic E-state index is -0.367. The standard InChI is InChI=1S/C12H17N3O3.ClH/c1-2-18-10-5-3-4-9(6-10)15-12(17)8-14-11(16)7-13;/h3-6H,2,7-8,13H2,1H3,(H,14,16)(H,15,17);1H. The van der Waals surface area contributed by atoms with Crippen LogP contribution in [0.25, 0.3) is 0 Å². The highest BCUT2D eigenvalue weighted by molar-refractivity contribution is 5.94. The van der Waals surface area contributed by atoms with E-state index in [1.165, 1.54) is 0 Å². The second-order valence-electron chi connectivity index (χ2n) is 3.49. The molecule has 0 unspecified atom stereocenters. The number of amides is 2. The van der Waals surface area contributed by atoms with E-state index in [0.29, 0.717) is 18.0 Å². The van der Waals surface area contributed by atoms with E-state index in [2.05, 4.69) is 10.6 Å². The van der Waals surface area contributed by atoms with Crippen LogP contribution in [0.2, 0.25) is 0 Å². The predicted octanol–water partition coefficient (Wildman–Crippen LogP) is 0.520. The second-order valence-corrected chi connectivity index (χ2v) is 3.49. The Bertz CT molecular complexity index is 426. The number of carbonyl (C=O) groups is 2. The molecule has 0 fully saturated rings. The lowest BCUT2D eigenvalue weighted by Crippen LogP contribution is -2.36. The van der Waals surface area contributed by atoms with Gasteiger partial charge in [0, 0.05) is 11.8 Å². The lowest BCUT2D eigenvalue weighted by atomic mass is 10.3. The van der Waals surface area contributed by atoms with Crippen LogP contribution in [-0.4, -0.2) is 31.5 Å². The highest BCUT2D eigenvalue weighted by Gasteiger charge is 2.05. The quantitative estimate of drug-likeness (QED) is 0.711. The van der Waals surface area contributed by atoms with Crippen molar-refractivity contribution in [3.05, 3.63) is 24.3 Å². The average Bonchev–Trinajstić information content (AvgIpc) is 2.37. The van der Waals surface area contributed by atoms with Crippen LogP contribution in [-0.2, 0) is 9.59 Å². The van der Waals surface area contributed by atoms with Gasteiger partial charge in [0.1, 0.15) is 5.75 Å². The van der Waals surface area contributed by atoms with Crippen LogP contribution < -0.4 is 21.1 Å². The molecule has 0 aliphatic rings. The fraction of sp³-hybridized carbons (Fsp3) is 0.333. The first-order valence-electron chi connectivity index (χ1n) is 5.65. The van der Waals surface area contributed by atoms with Gasteiger partial charge in [-0.15, -0.1) is 12.4 Å². The van der Waals surface area contributed by atoms with E-state index in [0.717, 1.165) is 0 Å². The fourth-order valence-electron chi connectivity index (χ4n) is 1.29. The van der Waals surface area contributed by atoms with Crippen molar-refractivity contribution in [1.29, 1.82) is 0 Å². The summed E-state index contributed by atoms with van der Waals surface area (Å²) in [4.78, 5) is 22.4. The van der Waals surface area contributed by atoms with Gasteiger partial charge in [-0.1, -0.05) is 6.07 Å². The number of hydrogen-bond donors (Lipinski definition) is 3. The fourth-order valence-corrected chi connectivity index (χ4v) is 1.29. The number of ether oxygens (including phenoxy) is 1. The van der Waals surface area contributed by atoms with Gasteiger partial charge in [-0.3, -0.25) is 9.59 Å². The van der Waals surface area contributed by atoms with Crippen LogP contribution >= 0.6 is 12.4 Å². The van der Waals surface area contributed by atoms with Crippen molar-refractivity contribution in [2.45, 2.75) is 6.92 Å². The summed E-state index contributed by atoms with van der Waals surface area (Å²) in [6.45, 7) is 2.21. The van der Waals surface area contributed by atoms with E-state index in [-0.39, 0.29) is 37.3 Å². The van der Waals surface area contributed by atoms with Gasteiger partial charge in [-0.25, -0.2) is 0 Å². The van der Waals surface area contributed by atoms with Gasteiger partial charge in [-0.2, -0.15) is 0 Å². The Kier molecular flexibility index (Phi) is 8.32. The van der Waals surface area contributed by atoms with Crippen molar-refractivity contribution in [1.82, 2.24) is 5.32 Å². The molecule has 1 aromatic carbocycles. The smallest absolute Gasteiger partial charge is 0.243 e. The molecule has 0 spiro atoms. The molecule has 7 heteroatoms. The minimum absolute atomic E-state index is 0. The maximum absolute atomic E-state index is 11.5. The number of anilines is 1. The molecule has 0 heterocycles. The summed E-state index contributed by atoms with van der Waals surface area (Å²) in [5.74, 6) is -0.0000377. The summed E-state index contributed by atoms with van der Waals surface area (Å²) >= 11 is 0. The van der Waals surface area contributed by atoms with Crippen LogP contribution in [0, 0.1) is 0 Å². The topological polar surface area (TPSA) is 93.5 Å². The van der Waals surface area contributed by atoms with Crippen molar-refractivity contribution < 1.29 is 14.3 Å².